The first-order chi connectivity index (χ1) is 13.7. The van der Waals surface area contributed by atoms with Gasteiger partial charge in [0.15, 0.2) is 0 Å². The van der Waals surface area contributed by atoms with Gasteiger partial charge in [-0.3, -0.25) is 9.78 Å². The van der Waals surface area contributed by atoms with Crippen molar-refractivity contribution in [1.29, 1.82) is 0 Å². The SMILES string of the molecule is O=c1cc(-c2cccnc2)nc2n(Cc3ccc(F)cc3)c3ccccc3n12. The van der Waals surface area contributed by atoms with Gasteiger partial charge in [0.1, 0.15) is 5.82 Å². The summed E-state index contributed by atoms with van der Waals surface area (Å²) in [5, 5.41) is 0. The molecule has 0 aliphatic rings. The molecule has 0 radical (unpaired) electrons. The second-order valence-electron chi connectivity index (χ2n) is 6.56. The van der Waals surface area contributed by atoms with Crippen LogP contribution in [0.2, 0.25) is 0 Å². The second kappa shape index (κ2) is 6.42. The monoisotopic (exact) mass is 370 g/mol. The standard InChI is InChI=1S/C22H15FN4O/c23-17-9-7-15(8-10-17)14-26-19-5-1-2-6-20(19)27-21(28)12-18(25-22(26)27)16-4-3-11-24-13-16/h1-13H,14H2. The van der Waals surface area contributed by atoms with Crippen LogP contribution in [-0.4, -0.2) is 18.9 Å². The van der Waals surface area contributed by atoms with Crippen molar-refractivity contribution >= 4 is 16.8 Å². The maximum absolute atomic E-state index is 13.3. The molecule has 6 heteroatoms. The molecule has 3 aromatic heterocycles. The number of halogens is 1. The van der Waals surface area contributed by atoms with Crippen LogP contribution in [0.4, 0.5) is 4.39 Å². The Labute approximate surface area is 159 Å². The molecular formula is C22H15FN4O. The van der Waals surface area contributed by atoms with Gasteiger partial charge < -0.3 is 4.57 Å². The molecule has 28 heavy (non-hydrogen) atoms. The highest BCUT2D eigenvalue weighted by atomic mass is 19.1. The van der Waals surface area contributed by atoms with E-state index >= 15 is 0 Å². The first-order valence-electron chi connectivity index (χ1n) is 8.86. The molecule has 3 heterocycles. The van der Waals surface area contributed by atoms with Crippen LogP contribution in [-0.2, 0) is 6.54 Å². The lowest BCUT2D eigenvalue weighted by molar-refractivity contribution is 0.626. The highest BCUT2D eigenvalue weighted by Gasteiger charge is 2.15. The van der Waals surface area contributed by atoms with Gasteiger partial charge in [-0.05, 0) is 42.0 Å². The maximum Gasteiger partial charge on any atom is 0.260 e. The van der Waals surface area contributed by atoms with Crippen LogP contribution >= 0.6 is 0 Å². The minimum absolute atomic E-state index is 0.155. The van der Waals surface area contributed by atoms with Crippen molar-refractivity contribution in [1.82, 2.24) is 18.9 Å². The van der Waals surface area contributed by atoms with E-state index in [-0.39, 0.29) is 11.4 Å². The first kappa shape index (κ1) is 16.4. The van der Waals surface area contributed by atoms with Gasteiger partial charge in [-0.2, -0.15) is 0 Å². The number of imidazole rings is 1. The van der Waals surface area contributed by atoms with Crippen molar-refractivity contribution in [2.75, 3.05) is 0 Å². The lowest BCUT2D eigenvalue weighted by atomic mass is 10.2. The molecule has 136 valence electrons. The van der Waals surface area contributed by atoms with Crippen molar-refractivity contribution in [3.05, 3.63) is 101 Å². The van der Waals surface area contributed by atoms with Crippen molar-refractivity contribution in [2.24, 2.45) is 0 Å². The highest BCUT2D eigenvalue weighted by molar-refractivity contribution is 5.81. The Morgan fingerprint density at radius 2 is 1.71 bits per heavy atom. The lowest BCUT2D eigenvalue weighted by Crippen LogP contribution is -2.14. The number of hydrogen-bond donors (Lipinski definition) is 0. The second-order valence-corrected chi connectivity index (χ2v) is 6.56. The molecular weight excluding hydrogens is 355 g/mol. The highest BCUT2D eigenvalue weighted by Crippen LogP contribution is 2.22. The van der Waals surface area contributed by atoms with E-state index < -0.39 is 0 Å². The van der Waals surface area contributed by atoms with Gasteiger partial charge in [0.05, 0.1) is 23.3 Å². The summed E-state index contributed by atoms with van der Waals surface area (Å²) in [5.74, 6) is 0.260. The van der Waals surface area contributed by atoms with Crippen LogP contribution in [0, 0.1) is 5.82 Å². The molecule has 5 aromatic rings. The van der Waals surface area contributed by atoms with Gasteiger partial charge in [0, 0.05) is 24.0 Å². The molecule has 0 spiro atoms. The third-order valence-corrected chi connectivity index (χ3v) is 4.77. The average molecular weight is 370 g/mol. The summed E-state index contributed by atoms with van der Waals surface area (Å²) in [6.07, 6.45) is 3.37. The zero-order valence-electron chi connectivity index (χ0n) is 14.8. The average Bonchev–Trinajstić information content (AvgIpc) is 3.04. The quantitative estimate of drug-likeness (QED) is 0.484. The fourth-order valence-electron chi connectivity index (χ4n) is 3.46. The minimum Gasteiger partial charge on any atom is -0.305 e. The fraction of sp³-hybridized carbons (Fsp3) is 0.0455. The van der Waals surface area contributed by atoms with Crippen LogP contribution in [0.1, 0.15) is 5.56 Å². The van der Waals surface area contributed by atoms with Gasteiger partial charge >= 0.3 is 0 Å². The Hall–Kier alpha value is -3.80. The van der Waals surface area contributed by atoms with Crippen LogP contribution < -0.4 is 5.56 Å². The lowest BCUT2D eigenvalue weighted by Gasteiger charge is -2.07. The number of nitrogens with zero attached hydrogens (tertiary/aromatic N) is 4. The van der Waals surface area contributed by atoms with Gasteiger partial charge in [0.2, 0.25) is 5.78 Å². The summed E-state index contributed by atoms with van der Waals surface area (Å²) in [7, 11) is 0. The predicted octanol–water partition coefficient (Wildman–Crippen LogP) is 3.90. The van der Waals surface area contributed by atoms with Crippen LogP contribution in [0.25, 0.3) is 28.1 Å². The molecule has 0 saturated heterocycles. The number of rotatable bonds is 3. The summed E-state index contributed by atoms with van der Waals surface area (Å²) in [4.78, 5) is 21.8. The van der Waals surface area contributed by atoms with Crippen LogP contribution in [0.15, 0.2) is 83.9 Å². The number of benzene rings is 2. The molecule has 0 aliphatic heterocycles. The summed E-state index contributed by atoms with van der Waals surface area (Å²) < 4.78 is 16.9. The Bertz CT molecular complexity index is 1350. The molecule has 0 bridgehead atoms. The van der Waals surface area contributed by atoms with Crippen molar-refractivity contribution in [2.45, 2.75) is 6.54 Å². The molecule has 0 unspecified atom stereocenters. The molecule has 0 aliphatic carbocycles. The number of fused-ring (bicyclic) bond motifs is 3. The largest absolute Gasteiger partial charge is 0.305 e. The maximum atomic E-state index is 13.3. The molecule has 0 N–H and O–H groups in total. The van der Waals surface area contributed by atoms with E-state index in [1.54, 1.807) is 28.9 Å². The van der Waals surface area contributed by atoms with Crippen LogP contribution in [0.3, 0.4) is 0 Å². The normalized spacial score (nSPS) is 11.3. The molecule has 0 atom stereocenters. The Morgan fingerprint density at radius 1 is 0.929 bits per heavy atom. The Kier molecular flexibility index (Phi) is 3.76. The molecule has 2 aromatic carbocycles. The minimum atomic E-state index is -0.279. The van der Waals surface area contributed by atoms with E-state index in [4.69, 9.17) is 4.98 Å². The molecule has 5 rings (SSSR count). The van der Waals surface area contributed by atoms with E-state index in [9.17, 15) is 9.18 Å². The topological polar surface area (TPSA) is 52.2 Å². The smallest absolute Gasteiger partial charge is 0.260 e. The number of para-hydroxylation sites is 2. The van der Waals surface area contributed by atoms with E-state index in [0.29, 0.717) is 18.0 Å². The van der Waals surface area contributed by atoms with Crippen molar-refractivity contribution in [3.63, 3.8) is 0 Å². The summed E-state index contributed by atoms with van der Waals surface area (Å²) in [6.45, 7) is 0.472. The Morgan fingerprint density at radius 3 is 2.46 bits per heavy atom. The zero-order valence-corrected chi connectivity index (χ0v) is 14.8. The number of aromatic nitrogens is 4. The van der Waals surface area contributed by atoms with Crippen molar-refractivity contribution < 1.29 is 4.39 Å². The van der Waals surface area contributed by atoms with E-state index in [0.717, 1.165) is 22.2 Å². The summed E-state index contributed by atoms with van der Waals surface area (Å²) >= 11 is 0. The predicted molar refractivity (Wildman–Crippen MR) is 106 cm³/mol. The molecule has 0 fully saturated rings. The zero-order chi connectivity index (χ0) is 19.1. The van der Waals surface area contributed by atoms with Gasteiger partial charge in [0.25, 0.3) is 5.56 Å². The van der Waals surface area contributed by atoms with Gasteiger partial charge in [-0.25, -0.2) is 13.8 Å². The summed E-state index contributed by atoms with van der Waals surface area (Å²) in [5.41, 5.74) is 3.79. The fourth-order valence-corrected chi connectivity index (χ4v) is 3.46. The van der Waals surface area contributed by atoms with Gasteiger partial charge in [-0.15, -0.1) is 0 Å². The number of pyridine rings is 1. The van der Waals surface area contributed by atoms with Gasteiger partial charge in [-0.1, -0.05) is 24.3 Å². The third kappa shape index (κ3) is 2.66. The van der Waals surface area contributed by atoms with E-state index in [1.807, 2.05) is 41.0 Å². The molecule has 0 saturated carbocycles. The van der Waals surface area contributed by atoms with Crippen molar-refractivity contribution in [3.8, 4) is 11.3 Å². The van der Waals surface area contributed by atoms with E-state index in [1.165, 1.54) is 18.2 Å². The first-order valence-corrected chi connectivity index (χ1v) is 8.86. The summed E-state index contributed by atoms with van der Waals surface area (Å²) in [6, 6.07) is 19.2. The van der Waals surface area contributed by atoms with Crippen LogP contribution in [0.5, 0.6) is 0 Å². The third-order valence-electron chi connectivity index (χ3n) is 4.77. The van der Waals surface area contributed by atoms with E-state index in [2.05, 4.69) is 4.98 Å². The number of hydrogen-bond acceptors (Lipinski definition) is 3. The molecule has 0 amide bonds. The molecule has 5 nitrogen and oxygen atoms in total. The Balaban J connectivity index is 1.79.